The van der Waals surface area contributed by atoms with Gasteiger partial charge in [0.15, 0.2) is 5.50 Å². The van der Waals surface area contributed by atoms with E-state index in [0.29, 0.717) is 27.9 Å². The second kappa shape index (κ2) is 10.4. The van der Waals surface area contributed by atoms with Crippen LogP contribution in [-0.4, -0.2) is 33.4 Å². The maximum Gasteiger partial charge on any atom is 0.337 e. The number of carbonyl (C=O) groups excluding carboxylic acids is 1. The van der Waals surface area contributed by atoms with Crippen LogP contribution in [0.25, 0.3) is 17.4 Å². The number of hydrogen-bond acceptors (Lipinski definition) is 5. The van der Waals surface area contributed by atoms with Gasteiger partial charge in [-0.1, -0.05) is 61.3 Å². The van der Waals surface area contributed by atoms with Crippen LogP contribution in [0.4, 0.5) is 5.69 Å². The zero-order valence-electron chi connectivity index (χ0n) is 19.8. The summed E-state index contributed by atoms with van der Waals surface area (Å²) in [6, 6.07) is 18.4. The minimum absolute atomic E-state index is 0.00443. The number of hydrogen-bond donors (Lipinski definition) is 2. The standard InChI is InChI=1S/C28H27ClN2O4S/c1-17-7-5-6-10-23(17)31-26(32)25(36-28(31)30-19-8-3-2-4-9-19)16-20-12-14-24(35-20)18-11-13-22(29)21(15-18)27(33)34/h2-4,8-9,11-17,23,28,30H,5-7,10H2,1H3,(H,33,34)/b25-16-/t17-,23+,28?/m1/s1. The predicted octanol–water partition coefficient (Wildman–Crippen LogP) is 7.19. The van der Waals surface area contributed by atoms with Crippen molar-refractivity contribution in [3.63, 3.8) is 0 Å². The molecule has 1 aliphatic carbocycles. The Morgan fingerprint density at radius 1 is 1.14 bits per heavy atom. The number of carboxylic acid groups (broad SMARTS) is 1. The van der Waals surface area contributed by atoms with Crippen molar-refractivity contribution in [2.24, 2.45) is 5.92 Å². The molecule has 1 aliphatic heterocycles. The van der Waals surface area contributed by atoms with Crippen molar-refractivity contribution in [1.82, 2.24) is 4.90 Å². The zero-order valence-corrected chi connectivity index (χ0v) is 21.4. The number of rotatable bonds is 6. The molecule has 3 aromatic rings. The molecule has 2 heterocycles. The summed E-state index contributed by atoms with van der Waals surface area (Å²) >= 11 is 7.50. The fourth-order valence-corrected chi connectivity index (χ4v) is 6.31. The largest absolute Gasteiger partial charge is 0.478 e. The zero-order chi connectivity index (χ0) is 25.2. The number of nitrogens with zero attached hydrogens (tertiary/aromatic N) is 1. The molecule has 2 aromatic carbocycles. The van der Waals surface area contributed by atoms with Crippen LogP contribution in [0.2, 0.25) is 5.02 Å². The highest BCUT2D eigenvalue weighted by molar-refractivity contribution is 8.05. The molecule has 1 amide bonds. The molecule has 2 fully saturated rings. The molecule has 1 aromatic heterocycles. The number of thioether (sulfide) groups is 1. The number of para-hydroxylation sites is 1. The molecule has 1 unspecified atom stereocenters. The van der Waals surface area contributed by atoms with Gasteiger partial charge in [0, 0.05) is 23.4 Å². The van der Waals surface area contributed by atoms with Crippen LogP contribution in [-0.2, 0) is 4.79 Å². The van der Waals surface area contributed by atoms with Crippen molar-refractivity contribution < 1.29 is 19.1 Å². The van der Waals surface area contributed by atoms with E-state index in [4.69, 9.17) is 16.0 Å². The molecule has 186 valence electrons. The molecule has 3 atom stereocenters. The number of amides is 1. The smallest absolute Gasteiger partial charge is 0.337 e. The fraction of sp³-hybridized carbons (Fsp3) is 0.286. The SMILES string of the molecule is C[C@@H]1CCCC[C@@H]1N1C(=O)/C(=C/c2ccc(-c3ccc(Cl)c(C(=O)O)c3)o2)SC1Nc1ccccc1. The van der Waals surface area contributed by atoms with Crippen molar-refractivity contribution in [3.8, 4) is 11.3 Å². The first-order valence-corrected chi connectivity index (χ1v) is 13.3. The average Bonchev–Trinajstić information content (AvgIpc) is 3.45. The summed E-state index contributed by atoms with van der Waals surface area (Å²) in [4.78, 5) is 27.7. The van der Waals surface area contributed by atoms with Gasteiger partial charge < -0.3 is 19.7 Å². The minimum atomic E-state index is -1.10. The van der Waals surface area contributed by atoms with Crippen molar-refractivity contribution in [1.29, 1.82) is 0 Å². The lowest BCUT2D eigenvalue weighted by molar-refractivity contribution is -0.129. The number of benzene rings is 2. The second-order valence-corrected chi connectivity index (χ2v) is 10.8. The Balaban J connectivity index is 1.43. The summed E-state index contributed by atoms with van der Waals surface area (Å²) in [6.45, 7) is 2.24. The minimum Gasteiger partial charge on any atom is -0.478 e. The molecule has 0 radical (unpaired) electrons. The molecule has 36 heavy (non-hydrogen) atoms. The van der Waals surface area contributed by atoms with Crippen LogP contribution in [0.5, 0.6) is 0 Å². The number of carbonyl (C=O) groups is 2. The van der Waals surface area contributed by atoms with Crippen molar-refractivity contribution >= 4 is 47.0 Å². The van der Waals surface area contributed by atoms with Crippen LogP contribution < -0.4 is 5.32 Å². The fourth-order valence-electron chi connectivity index (χ4n) is 4.92. The first kappa shape index (κ1) is 24.5. The van der Waals surface area contributed by atoms with E-state index in [0.717, 1.165) is 24.9 Å². The third-order valence-corrected chi connectivity index (χ3v) is 8.25. The molecule has 6 nitrogen and oxygen atoms in total. The van der Waals surface area contributed by atoms with E-state index in [9.17, 15) is 14.7 Å². The molecule has 1 saturated heterocycles. The number of furan rings is 1. The lowest BCUT2D eigenvalue weighted by atomic mass is 9.85. The summed E-state index contributed by atoms with van der Waals surface area (Å²) < 4.78 is 5.99. The summed E-state index contributed by atoms with van der Waals surface area (Å²) in [5, 5.41) is 13.1. The third kappa shape index (κ3) is 5.04. The van der Waals surface area contributed by atoms with Crippen LogP contribution in [0, 0.1) is 5.92 Å². The van der Waals surface area contributed by atoms with Gasteiger partial charge in [0.05, 0.1) is 15.5 Å². The Morgan fingerprint density at radius 3 is 2.67 bits per heavy atom. The summed E-state index contributed by atoms with van der Waals surface area (Å²) in [6.07, 6.45) is 6.23. The Bertz CT molecular complexity index is 1310. The number of carboxylic acids is 1. The molecule has 1 saturated carbocycles. The molecule has 0 bridgehead atoms. The molecule has 2 N–H and O–H groups in total. The van der Waals surface area contributed by atoms with E-state index in [1.165, 1.54) is 24.2 Å². The molecule has 0 spiro atoms. The lowest BCUT2D eigenvalue weighted by Gasteiger charge is -2.39. The molecule has 2 aliphatic rings. The maximum absolute atomic E-state index is 13.7. The van der Waals surface area contributed by atoms with E-state index in [1.54, 1.807) is 30.3 Å². The monoisotopic (exact) mass is 522 g/mol. The quantitative estimate of drug-likeness (QED) is 0.333. The summed E-state index contributed by atoms with van der Waals surface area (Å²) in [7, 11) is 0. The van der Waals surface area contributed by atoms with E-state index >= 15 is 0 Å². The van der Waals surface area contributed by atoms with Crippen LogP contribution in [0.1, 0.15) is 48.7 Å². The molecular weight excluding hydrogens is 496 g/mol. The van der Waals surface area contributed by atoms with Gasteiger partial charge in [0.2, 0.25) is 0 Å². The Hall–Kier alpha value is -3.16. The van der Waals surface area contributed by atoms with Gasteiger partial charge >= 0.3 is 5.97 Å². The third-order valence-electron chi connectivity index (χ3n) is 6.81. The van der Waals surface area contributed by atoms with Crippen LogP contribution in [0.15, 0.2) is 70.0 Å². The van der Waals surface area contributed by atoms with Crippen molar-refractivity contribution in [2.75, 3.05) is 5.32 Å². The Morgan fingerprint density at radius 2 is 1.92 bits per heavy atom. The van der Waals surface area contributed by atoms with Gasteiger partial charge in [0.1, 0.15) is 11.5 Å². The highest BCUT2D eigenvalue weighted by atomic mass is 35.5. The summed E-state index contributed by atoms with van der Waals surface area (Å²) in [5.41, 5.74) is 1.38. The van der Waals surface area contributed by atoms with Gasteiger partial charge in [0.25, 0.3) is 5.91 Å². The first-order chi connectivity index (χ1) is 17.4. The van der Waals surface area contributed by atoms with Gasteiger partial charge in [-0.15, -0.1) is 0 Å². The highest BCUT2D eigenvalue weighted by Crippen LogP contribution is 2.42. The second-order valence-electron chi connectivity index (χ2n) is 9.23. The van der Waals surface area contributed by atoms with Gasteiger partial charge in [-0.25, -0.2) is 4.79 Å². The van der Waals surface area contributed by atoms with E-state index in [1.807, 2.05) is 35.2 Å². The van der Waals surface area contributed by atoms with Gasteiger partial charge in [-0.05, 0) is 61.2 Å². The topological polar surface area (TPSA) is 82.8 Å². The van der Waals surface area contributed by atoms with Crippen molar-refractivity contribution in [2.45, 2.75) is 44.1 Å². The number of halogens is 1. The lowest BCUT2D eigenvalue weighted by Crippen LogP contribution is -2.48. The maximum atomic E-state index is 13.7. The normalized spacial score (nSPS) is 23.3. The molecular formula is C28H27ClN2O4S. The van der Waals surface area contributed by atoms with Gasteiger partial charge in [-0.3, -0.25) is 4.79 Å². The van der Waals surface area contributed by atoms with Crippen LogP contribution >= 0.6 is 23.4 Å². The van der Waals surface area contributed by atoms with E-state index in [-0.39, 0.29) is 28.0 Å². The number of anilines is 1. The number of aromatic carboxylic acids is 1. The first-order valence-electron chi connectivity index (χ1n) is 12.1. The Labute approximate surface area is 219 Å². The molecule has 5 rings (SSSR count). The average molecular weight is 523 g/mol. The molecule has 8 heteroatoms. The van der Waals surface area contributed by atoms with Gasteiger partial charge in [-0.2, -0.15) is 0 Å². The number of nitrogens with one attached hydrogen (secondary N) is 1. The van der Waals surface area contributed by atoms with Crippen molar-refractivity contribution in [3.05, 3.63) is 81.9 Å². The summed E-state index contributed by atoms with van der Waals surface area (Å²) in [5.74, 6) is 0.381. The Kier molecular flexibility index (Phi) is 7.12. The predicted molar refractivity (Wildman–Crippen MR) is 144 cm³/mol. The van der Waals surface area contributed by atoms with E-state index in [2.05, 4.69) is 12.2 Å². The highest BCUT2D eigenvalue weighted by Gasteiger charge is 2.43. The van der Waals surface area contributed by atoms with E-state index < -0.39 is 5.97 Å². The van der Waals surface area contributed by atoms with Crippen LogP contribution in [0.3, 0.4) is 0 Å².